The van der Waals surface area contributed by atoms with E-state index in [1.54, 1.807) is 0 Å². The fourth-order valence-corrected chi connectivity index (χ4v) is 1.72. The van der Waals surface area contributed by atoms with Crippen LogP contribution in [0.15, 0.2) is 30.3 Å². The maximum atomic E-state index is 11.5. The van der Waals surface area contributed by atoms with E-state index in [4.69, 9.17) is 5.11 Å². The maximum absolute atomic E-state index is 11.5. The van der Waals surface area contributed by atoms with Crippen molar-refractivity contribution in [2.45, 2.75) is 25.0 Å². The fraction of sp³-hybridized carbons (Fsp3) is 0.417. The lowest BCUT2D eigenvalue weighted by Gasteiger charge is -2.31. The Kier molecular flexibility index (Phi) is 3.54. The van der Waals surface area contributed by atoms with Gasteiger partial charge in [0.25, 0.3) is 0 Å². The third-order valence-electron chi connectivity index (χ3n) is 2.72. The molecule has 0 heterocycles. The molecule has 0 spiro atoms. The molecule has 0 aliphatic heterocycles. The predicted octanol–water partition coefficient (Wildman–Crippen LogP) is 0.738. The topological polar surface area (TPSA) is 61.4 Å². The number of nitrogens with one attached hydrogen (secondary N) is 2. The molecule has 0 atom stereocenters. The van der Waals surface area contributed by atoms with Gasteiger partial charge in [0.05, 0.1) is 12.6 Å². The first-order valence-electron chi connectivity index (χ1n) is 5.50. The van der Waals surface area contributed by atoms with E-state index in [2.05, 4.69) is 10.6 Å². The molecule has 86 valence electrons. The molecule has 0 unspecified atom stereocenters. The Morgan fingerprint density at radius 3 is 2.62 bits per heavy atom. The number of hydrogen-bond acceptors (Lipinski definition) is 3. The molecule has 1 aromatic carbocycles. The van der Waals surface area contributed by atoms with Gasteiger partial charge >= 0.3 is 0 Å². The molecule has 0 radical (unpaired) electrons. The summed E-state index contributed by atoms with van der Waals surface area (Å²) in [6, 6.07) is 9.66. The molecule has 1 aliphatic rings. The number of benzene rings is 1. The maximum Gasteiger partial charge on any atom is 0.238 e. The molecule has 1 saturated carbocycles. The van der Waals surface area contributed by atoms with Crippen LogP contribution in [0.1, 0.15) is 12.8 Å². The Morgan fingerprint density at radius 2 is 2.00 bits per heavy atom. The molecule has 4 nitrogen and oxygen atoms in total. The summed E-state index contributed by atoms with van der Waals surface area (Å²) in [5.74, 6) is -0.0485. The highest BCUT2D eigenvalue weighted by molar-refractivity contribution is 5.92. The van der Waals surface area contributed by atoms with E-state index < -0.39 is 0 Å². The van der Waals surface area contributed by atoms with Gasteiger partial charge in [0.15, 0.2) is 0 Å². The van der Waals surface area contributed by atoms with Crippen LogP contribution in [0.2, 0.25) is 0 Å². The van der Waals surface area contributed by atoms with Crippen LogP contribution in [0.4, 0.5) is 5.69 Å². The molecule has 1 aromatic rings. The first-order valence-corrected chi connectivity index (χ1v) is 5.50. The van der Waals surface area contributed by atoms with Gasteiger partial charge in [-0.3, -0.25) is 4.79 Å². The number of anilines is 1. The molecule has 2 rings (SSSR count). The molecule has 0 saturated heterocycles. The van der Waals surface area contributed by atoms with Gasteiger partial charge in [-0.05, 0) is 25.0 Å². The minimum atomic E-state index is -0.185. The Balaban J connectivity index is 1.69. The Morgan fingerprint density at radius 1 is 1.31 bits per heavy atom. The van der Waals surface area contributed by atoms with Gasteiger partial charge in [-0.15, -0.1) is 0 Å². The van der Waals surface area contributed by atoms with Crippen molar-refractivity contribution in [2.24, 2.45) is 0 Å². The van der Waals surface area contributed by atoms with Crippen LogP contribution in [0.25, 0.3) is 0 Å². The number of aliphatic hydroxyl groups is 1. The number of para-hydroxylation sites is 1. The minimum absolute atomic E-state index is 0.0485. The first kappa shape index (κ1) is 11.1. The molecular weight excluding hydrogens is 204 g/mol. The third kappa shape index (κ3) is 3.05. The standard InChI is InChI=1S/C12H16N2O2/c15-11-6-10(7-11)13-8-12(16)14-9-4-2-1-3-5-9/h1-5,10-11,13,15H,6-8H2,(H,14,16). The number of rotatable bonds is 4. The van der Waals surface area contributed by atoms with E-state index in [9.17, 15) is 4.79 Å². The molecular formula is C12H16N2O2. The molecule has 4 heteroatoms. The van der Waals surface area contributed by atoms with E-state index >= 15 is 0 Å². The zero-order valence-corrected chi connectivity index (χ0v) is 9.02. The number of hydrogen-bond donors (Lipinski definition) is 3. The van der Waals surface area contributed by atoms with Gasteiger partial charge in [0, 0.05) is 11.7 Å². The number of aliphatic hydroxyl groups excluding tert-OH is 1. The molecule has 3 N–H and O–H groups in total. The molecule has 16 heavy (non-hydrogen) atoms. The van der Waals surface area contributed by atoms with E-state index in [1.807, 2.05) is 30.3 Å². The van der Waals surface area contributed by atoms with Crippen molar-refractivity contribution < 1.29 is 9.90 Å². The summed E-state index contributed by atoms with van der Waals surface area (Å²) in [6.07, 6.45) is 1.31. The monoisotopic (exact) mass is 220 g/mol. The molecule has 1 amide bonds. The number of amides is 1. The SMILES string of the molecule is O=C(CNC1CC(O)C1)Nc1ccccc1. The summed E-state index contributed by atoms with van der Waals surface area (Å²) in [7, 11) is 0. The second-order valence-corrected chi connectivity index (χ2v) is 4.12. The van der Waals surface area contributed by atoms with E-state index in [-0.39, 0.29) is 18.1 Å². The van der Waals surface area contributed by atoms with Crippen LogP contribution >= 0.6 is 0 Å². The fourth-order valence-electron chi connectivity index (χ4n) is 1.72. The van der Waals surface area contributed by atoms with Gasteiger partial charge < -0.3 is 15.7 Å². The van der Waals surface area contributed by atoms with E-state index in [1.165, 1.54) is 0 Å². The normalized spacial score (nSPS) is 23.6. The van der Waals surface area contributed by atoms with Crippen molar-refractivity contribution in [1.29, 1.82) is 0 Å². The summed E-state index contributed by atoms with van der Waals surface area (Å²) in [5.41, 5.74) is 0.808. The van der Waals surface area contributed by atoms with Crippen molar-refractivity contribution in [3.63, 3.8) is 0 Å². The summed E-state index contributed by atoms with van der Waals surface area (Å²) in [6.45, 7) is 0.298. The lowest BCUT2D eigenvalue weighted by Crippen LogP contribution is -2.46. The lowest BCUT2D eigenvalue weighted by atomic mass is 9.89. The third-order valence-corrected chi connectivity index (χ3v) is 2.72. The van der Waals surface area contributed by atoms with Gasteiger partial charge in [0.2, 0.25) is 5.91 Å². The van der Waals surface area contributed by atoms with Crippen LogP contribution in [0.5, 0.6) is 0 Å². The molecule has 1 aliphatic carbocycles. The molecule has 0 aromatic heterocycles. The summed E-state index contributed by atoms with van der Waals surface area (Å²) >= 11 is 0. The second-order valence-electron chi connectivity index (χ2n) is 4.12. The summed E-state index contributed by atoms with van der Waals surface area (Å²) in [5, 5.41) is 15.0. The highest BCUT2D eigenvalue weighted by atomic mass is 16.3. The predicted molar refractivity (Wildman–Crippen MR) is 62.1 cm³/mol. The van der Waals surface area contributed by atoms with Crippen molar-refractivity contribution >= 4 is 11.6 Å². The van der Waals surface area contributed by atoms with Crippen molar-refractivity contribution in [3.05, 3.63) is 30.3 Å². The largest absolute Gasteiger partial charge is 0.393 e. The smallest absolute Gasteiger partial charge is 0.238 e. The van der Waals surface area contributed by atoms with Crippen LogP contribution in [0, 0.1) is 0 Å². The Bertz CT molecular complexity index is 347. The quantitative estimate of drug-likeness (QED) is 0.701. The first-order chi connectivity index (χ1) is 7.74. The minimum Gasteiger partial charge on any atom is -0.393 e. The molecule has 0 bridgehead atoms. The Hall–Kier alpha value is -1.39. The second kappa shape index (κ2) is 5.09. The average Bonchev–Trinajstić information content (AvgIpc) is 2.24. The van der Waals surface area contributed by atoms with Crippen molar-refractivity contribution in [3.8, 4) is 0 Å². The van der Waals surface area contributed by atoms with Crippen LogP contribution < -0.4 is 10.6 Å². The number of carbonyl (C=O) groups excluding carboxylic acids is 1. The lowest BCUT2D eigenvalue weighted by molar-refractivity contribution is -0.115. The van der Waals surface area contributed by atoms with Gasteiger partial charge in [-0.25, -0.2) is 0 Å². The van der Waals surface area contributed by atoms with Gasteiger partial charge in [-0.1, -0.05) is 18.2 Å². The Labute approximate surface area is 94.7 Å². The van der Waals surface area contributed by atoms with E-state index in [0.717, 1.165) is 18.5 Å². The highest BCUT2D eigenvalue weighted by Gasteiger charge is 2.26. The van der Waals surface area contributed by atoms with Crippen LogP contribution in [-0.4, -0.2) is 29.7 Å². The summed E-state index contributed by atoms with van der Waals surface area (Å²) in [4.78, 5) is 11.5. The molecule has 1 fully saturated rings. The van der Waals surface area contributed by atoms with Crippen molar-refractivity contribution in [1.82, 2.24) is 5.32 Å². The highest BCUT2D eigenvalue weighted by Crippen LogP contribution is 2.18. The van der Waals surface area contributed by atoms with Crippen molar-refractivity contribution in [2.75, 3.05) is 11.9 Å². The summed E-state index contributed by atoms with van der Waals surface area (Å²) < 4.78 is 0. The van der Waals surface area contributed by atoms with Crippen LogP contribution in [0.3, 0.4) is 0 Å². The zero-order chi connectivity index (χ0) is 11.4. The van der Waals surface area contributed by atoms with Gasteiger partial charge in [-0.2, -0.15) is 0 Å². The van der Waals surface area contributed by atoms with Crippen LogP contribution in [-0.2, 0) is 4.79 Å². The zero-order valence-electron chi connectivity index (χ0n) is 9.02. The number of carbonyl (C=O) groups is 1. The average molecular weight is 220 g/mol. The van der Waals surface area contributed by atoms with E-state index in [0.29, 0.717) is 6.54 Å². The van der Waals surface area contributed by atoms with Gasteiger partial charge in [0.1, 0.15) is 0 Å².